The highest BCUT2D eigenvalue weighted by molar-refractivity contribution is 6.54. The van der Waals surface area contributed by atoms with Gasteiger partial charge in [-0.25, -0.2) is 4.90 Å². The summed E-state index contributed by atoms with van der Waals surface area (Å²) in [5, 5.41) is 15.1. The van der Waals surface area contributed by atoms with Gasteiger partial charge in [0.15, 0.2) is 0 Å². The lowest BCUT2D eigenvalue weighted by atomic mass is 10.1. The summed E-state index contributed by atoms with van der Waals surface area (Å²) in [4.78, 5) is 39.1. The van der Waals surface area contributed by atoms with Crippen molar-refractivity contribution in [1.29, 1.82) is 0 Å². The minimum Gasteiger partial charge on any atom is -0.506 e. The zero-order valence-corrected chi connectivity index (χ0v) is 18.9. The van der Waals surface area contributed by atoms with Crippen LogP contribution in [0.5, 0.6) is 5.75 Å². The molecule has 166 valence electrons. The van der Waals surface area contributed by atoms with Crippen LogP contribution in [0, 0.1) is 0 Å². The predicted molar refractivity (Wildman–Crippen MR) is 128 cm³/mol. The molecule has 0 aliphatic carbocycles. The van der Waals surface area contributed by atoms with E-state index in [9.17, 15) is 19.5 Å². The van der Waals surface area contributed by atoms with Gasteiger partial charge in [-0.1, -0.05) is 59.1 Å². The Morgan fingerprint density at radius 3 is 2.36 bits per heavy atom. The number of hydrogen-bond donors (Lipinski definition) is 3. The number of carbonyl (C=O) groups excluding carboxylic acids is 3. The highest BCUT2D eigenvalue weighted by atomic mass is 35.5. The van der Waals surface area contributed by atoms with Crippen molar-refractivity contribution in [2.45, 2.75) is 0 Å². The summed E-state index contributed by atoms with van der Waals surface area (Å²) in [6.07, 6.45) is 0. The Kier molecular flexibility index (Phi) is 6.29. The van der Waals surface area contributed by atoms with E-state index in [4.69, 9.17) is 34.8 Å². The lowest BCUT2D eigenvalue weighted by Gasteiger charge is -2.17. The monoisotopic (exact) mass is 501 g/mol. The second-order valence-corrected chi connectivity index (χ2v) is 8.05. The van der Waals surface area contributed by atoms with Gasteiger partial charge in [0, 0.05) is 11.3 Å². The van der Waals surface area contributed by atoms with Crippen molar-refractivity contribution in [2.24, 2.45) is 0 Å². The standard InChI is InChI=1S/C23H14Cl3N3O4/c24-14-7-4-9-16(18(14)25)29-22(32)19(26)20(23(29)33)27-13-6-3-5-12(11-13)21(31)28-15-8-1-2-10-17(15)30/h1-11,27,30H,(H,28,31). The van der Waals surface area contributed by atoms with Crippen LogP contribution in [0.1, 0.15) is 10.4 Å². The van der Waals surface area contributed by atoms with Crippen LogP contribution >= 0.6 is 34.8 Å². The molecule has 1 aliphatic heterocycles. The molecule has 0 saturated carbocycles. The summed E-state index contributed by atoms with van der Waals surface area (Å²) in [5.74, 6) is -2.05. The number of para-hydroxylation sites is 2. The molecule has 3 aromatic rings. The lowest BCUT2D eigenvalue weighted by Crippen LogP contribution is -2.32. The fraction of sp³-hybridized carbons (Fsp3) is 0. The number of rotatable bonds is 5. The molecule has 0 fully saturated rings. The van der Waals surface area contributed by atoms with Crippen LogP contribution in [-0.4, -0.2) is 22.8 Å². The maximum absolute atomic E-state index is 13.0. The molecule has 0 unspecified atom stereocenters. The van der Waals surface area contributed by atoms with Gasteiger partial charge in [-0.15, -0.1) is 0 Å². The Hall–Kier alpha value is -3.52. The molecule has 3 N–H and O–H groups in total. The minimum atomic E-state index is -0.762. The smallest absolute Gasteiger partial charge is 0.283 e. The highest BCUT2D eigenvalue weighted by Gasteiger charge is 2.40. The molecule has 4 rings (SSSR count). The quantitative estimate of drug-likeness (QED) is 0.321. The second kappa shape index (κ2) is 9.15. The number of nitrogens with one attached hydrogen (secondary N) is 2. The zero-order chi connectivity index (χ0) is 23.7. The van der Waals surface area contributed by atoms with E-state index in [1.54, 1.807) is 42.5 Å². The molecule has 0 radical (unpaired) electrons. The first-order valence-electron chi connectivity index (χ1n) is 9.47. The number of halogens is 3. The van der Waals surface area contributed by atoms with Crippen LogP contribution in [0.2, 0.25) is 10.0 Å². The number of benzene rings is 3. The third kappa shape index (κ3) is 4.39. The number of imide groups is 1. The third-order valence-electron chi connectivity index (χ3n) is 4.75. The van der Waals surface area contributed by atoms with Gasteiger partial charge in [-0.2, -0.15) is 0 Å². The summed E-state index contributed by atoms with van der Waals surface area (Å²) < 4.78 is 0. The number of phenols is 1. The second-order valence-electron chi connectivity index (χ2n) is 6.88. The molecule has 0 saturated heterocycles. The van der Waals surface area contributed by atoms with Crippen LogP contribution in [0.4, 0.5) is 17.1 Å². The maximum Gasteiger partial charge on any atom is 0.283 e. The fourth-order valence-corrected chi connectivity index (χ4v) is 3.74. The van der Waals surface area contributed by atoms with Crippen LogP contribution in [-0.2, 0) is 9.59 Å². The zero-order valence-electron chi connectivity index (χ0n) is 16.6. The Bertz CT molecular complexity index is 1340. The molecule has 0 aromatic heterocycles. The van der Waals surface area contributed by atoms with Gasteiger partial charge < -0.3 is 15.7 Å². The van der Waals surface area contributed by atoms with Crippen molar-refractivity contribution in [3.63, 3.8) is 0 Å². The van der Waals surface area contributed by atoms with Crippen LogP contribution in [0.25, 0.3) is 0 Å². The van der Waals surface area contributed by atoms with Gasteiger partial charge in [0.05, 0.1) is 21.4 Å². The van der Waals surface area contributed by atoms with Crippen molar-refractivity contribution < 1.29 is 19.5 Å². The molecule has 3 aromatic carbocycles. The van der Waals surface area contributed by atoms with E-state index in [2.05, 4.69) is 10.6 Å². The molecule has 0 bridgehead atoms. The Morgan fingerprint density at radius 2 is 1.61 bits per heavy atom. The number of carbonyl (C=O) groups is 3. The van der Waals surface area contributed by atoms with Gasteiger partial charge in [0.2, 0.25) is 0 Å². The molecular weight excluding hydrogens is 489 g/mol. The van der Waals surface area contributed by atoms with E-state index < -0.39 is 17.7 Å². The summed E-state index contributed by atoms with van der Waals surface area (Å²) in [7, 11) is 0. The molecule has 33 heavy (non-hydrogen) atoms. The van der Waals surface area contributed by atoms with Crippen LogP contribution in [0.15, 0.2) is 77.5 Å². The van der Waals surface area contributed by atoms with Gasteiger partial charge in [0.25, 0.3) is 17.7 Å². The molecule has 1 heterocycles. The first-order chi connectivity index (χ1) is 15.8. The number of hydrogen-bond acceptors (Lipinski definition) is 5. The number of amides is 3. The third-order valence-corrected chi connectivity index (χ3v) is 5.91. The van der Waals surface area contributed by atoms with Crippen molar-refractivity contribution in [3.8, 4) is 5.75 Å². The Labute approximate surface area is 203 Å². The Balaban J connectivity index is 1.57. The number of phenolic OH excluding ortho intramolecular Hbond substituents is 1. The van der Waals surface area contributed by atoms with Gasteiger partial charge in [-0.05, 0) is 42.5 Å². The maximum atomic E-state index is 13.0. The van der Waals surface area contributed by atoms with Crippen LogP contribution < -0.4 is 15.5 Å². The summed E-state index contributed by atoms with van der Waals surface area (Å²) in [6.45, 7) is 0. The van der Waals surface area contributed by atoms with Gasteiger partial charge in [0.1, 0.15) is 16.5 Å². The van der Waals surface area contributed by atoms with Crippen molar-refractivity contribution in [1.82, 2.24) is 0 Å². The molecule has 1 aliphatic rings. The highest BCUT2D eigenvalue weighted by Crippen LogP contribution is 2.37. The molecule has 0 spiro atoms. The summed E-state index contributed by atoms with van der Waals surface area (Å²) >= 11 is 18.3. The van der Waals surface area contributed by atoms with E-state index in [0.717, 1.165) is 4.90 Å². The van der Waals surface area contributed by atoms with E-state index in [0.29, 0.717) is 5.69 Å². The van der Waals surface area contributed by atoms with Crippen LogP contribution in [0.3, 0.4) is 0 Å². The van der Waals surface area contributed by atoms with Crippen molar-refractivity contribution in [2.75, 3.05) is 15.5 Å². The molecule has 3 amide bonds. The minimum absolute atomic E-state index is 0.0365. The SMILES string of the molecule is O=C(Nc1ccccc1O)c1cccc(NC2=C(Cl)C(=O)N(c3cccc(Cl)c3Cl)C2=O)c1. The molecule has 7 nitrogen and oxygen atoms in total. The normalized spacial score (nSPS) is 13.5. The number of aromatic hydroxyl groups is 1. The van der Waals surface area contributed by atoms with E-state index >= 15 is 0 Å². The molecule has 10 heteroatoms. The van der Waals surface area contributed by atoms with Crippen molar-refractivity contribution in [3.05, 3.63) is 93.1 Å². The summed E-state index contributed by atoms with van der Waals surface area (Å²) in [5.41, 5.74) is 0.762. The topological polar surface area (TPSA) is 98.7 Å². The van der Waals surface area contributed by atoms with E-state index in [-0.39, 0.29) is 43.5 Å². The van der Waals surface area contributed by atoms with Gasteiger partial charge in [-0.3, -0.25) is 14.4 Å². The first-order valence-corrected chi connectivity index (χ1v) is 10.6. The van der Waals surface area contributed by atoms with E-state index in [1.165, 1.54) is 24.3 Å². The molecular formula is C23H14Cl3N3O4. The largest absolute Gasteiger partial charge is 0.506 e. The lowest BCUT2D eigenvalue weighted by molar-refractivity contribution is -0.120. The summed E-state index contributed by atoms with van der Waals surface area (Å²) in [6, 6.07) is 17.1. The predicted octanol–water partition coefficient (Wildman–Crippen LogP) is 5.39. The number of nitrogens with zero attached hydrogens (tertiary/aromatic N) is 1. The fourth-order valence-electron chi connectivity index (χ4n) is 3.15. The first kappa shape index (κ1) is 22.7. The number of anilines is 3. The van der Waals surface area contributed by atoms with E-state index in [1.807, 2.05) is 0 Å². The Morgan fingerprint density at radius 1 is 0.879 bits per heavy atom. The van der Waals surface area contributed by atoms with Crippen molar-refractivity contribution >= 4 is 69.6 Å². The van der Waals surface area contributed by atoms with Gasteiger partial charge >= 0.3 is 0 Å². The average molecular weight is 503 g/mol. The molecule has 0 atom stereocenters. The average Bonchev–Trinajstić information content (AvgIpc) is 3.00.